The highest BCUT2D eigenvalue weighted by Crippen LogP contribution is 2.21. The van der Waals surface area contributed by atoms with Gasteiger partial charge >= 0.3 is 0 Å². The van der Waals surface area contributed by atoms with Gasteiger partial charge in [0.2, 0.25) is 15.9 Å². The topological polar surface area (TPSA) is 88.2 Å². The van der Waals surface area contributed by atoms with Crippen LogP contribution in [-0.2, 0) is 27.8 Å². The standard InChI is InChI=1S/C23H21N3O3S2/c27-23(25-16-19-11-6-14-30-19)20(15-17-7-2-1-3-8-17)26-31(28,29)21-12-4-9-18-10-5-13-24-22(18)21/h1-14,20,26H,15-16H2,(H,25,27)/t20-/m1/s1. The molecule has 0 spiro atoms. The lowest BCUT2D eigenvalue weighted by Crippen LogP contribution is -2.47. The van der Waals surface area contributed by atoms with Crippen LogP contribution in [0, 0.1) is 0 Å². The van der Waals surface area contributed by atoms with Crippen LogP contribution in [0.3, 0.4) is 0 Å². The van der Waals surface area contributed by atoms with Gasteiger partial charge in [-0.05, 0) is 35.6 Å². The number of carbonyl (C=O) groups excluding carboxylic acids is 1. The van der Waals surface area contributed by atoms with Gasteiger partial charge in [-0.2, -0.15) is 4.72 Å². The van der Waals surface area contributed by atoms with Gasteiger partial charge in [-0.25, -0.2) is 8.42 Å². The minimum atomic E-state index is -3.99. The Morgan fingerprint density at radius 3 is 2.55 bits per heavy atom. The Bertz CT molecular complexity index is 1270. The molecule has 0 aliphatic heterocycles. The number of sulfonamides is 1. The number of hydrogen-bond donors (Lipinski definition) is 2. The number of aromatic nitrogens is 1. The number of fused-ring (bicyclic) bond motifs is 1. The van der Waals surface area contributed by atoms with Crippen molar-refractivity contribution >= 4 is 38.2 Å². The lowest BCUT2D eigenvalue weighted by atomic mass is 10.1. The van der Waals surface area contributed by atoms with Crippen molar-refractivity contribution in [2.45, 2.75) is 23.9 Å². The summed E-state index contributed by atoms with van der Waals surface area (Å²) in [6.07, 6.45) is 1.78. The molecular formula is C23H21N3O3S2. The third-order valence-corrected chi connectivity index (χ3v) is 7.18. The van der Waals surface area contributed by atoms with Crippen LogP contribution in [0.5, 0.6) is 0 Å². The Morgan fingerprint density at radius 1 is 0.968 bits per heavy atom. The van der Waals surface area contributed by atoms with Gasteiger partial charge < -0.3 is 5.32 Å². The molecule has 4 aromatic rings. The molecule has 0 bridgehead atoms. The first-order valence-corrected chi connectivity index (χ1v) is 12.1. The van der Waals surface area contributed by atoms with Crippen LogP contribution >= 0.6 is 11.3 Å². The first-order valence-electron chi connectivity index (χ1n) is 9.73. The van der Waals surface area contributed by atoms with E-state index in [1.807, 2.05) is 47.8 Å². The number of rotatable bonds is 8. The summed E-state index contributed by atoms with van der Waals surface area (Å²) in [5.74, 6) is -0.381. The van der Waals surface area contributed by atoms with E-state index in [4.69, 9.17) is 0 Å². The van der Waals surface area contributed by atoms with Gasteiger partial charge in [-0.1, -0.05) is 54.6 Å². The molecular weight excluding hydrogens is 430 g/mol. The van der Waals surface area contributed by atoms with Crippen LogP contribution in [0.2, 0.25) is 0 Å². The molecule has 0 unspecified atom stereocenters. The van der Waals surface area contributed by atoms with Crippen LogP contribution in [0.15, 0.2) is 89.3 Å². The van der Waals surface area contributed by atoms with Crippen molar-refractivity contribution in [3.63, 3.8) is 0 Å². The van der Waals surface area contributed by atoms with Crippen LogP contribution in [-0.4, -0.2) is 25.4 Å². The van der Waals surface area contributed by atoms with Crippen molar-refractivity contribution in [1.82, 2.24) is 15.0 Å². The molecule has 0 aliphatic carbocycles. The van der Waals surface area contributed by atoms with Crippen molar-refractivity contribution < 1.29 is 13.2 Å². The van der Waals surface area contributed by atoms with E-state index in [0.29, 0.717) is 17.4 Å². The van der Waals surface area contributed by atoms with E-state index in [-0.39, 0.29) is 17.2 Å². The van der Waals surface area contributed by atoms with Crippen molar-refractivity contribution in [3.05, 3.63) is 94.8 Å². The highest BCUT2D eigenvalue weighted by molar-refractivity contribution is 7.89. The van der Waals surface area contributed by atoms with Crippen molar-refractivity contribution in [2.75, 3.05) is 0 Å². The van der Waals surface area contributed by atoms with Gasteiger partial charge in [-0.15, -0.1) is 11.3 Å². The molecule has 158 valence electrons. The van der Waals surface area contributed by atoms with E-state index in [1.54, 1.807) is 30.5 Å². The molecule has 0 saturated carbocycles. The number of benzene rings is 2. The molecule has 2 aromatic carbocycles. The molecule has 8 heteroatoms. The van der Waals surface area contributed by atoms with Crippen LogP contribution < -0.4 is 10.0 Å². The summed E-state index contributed by atoms with van der Waals surface area (Å²) in [4.78, 5) is 18.2. The van der Waals surface area contributed by atoms with Crippen LogP contribution in [0.25, 0.3) is 10.9 Å². The number of nitrogens with one attached hydrogen (secondary N) is 2. The Labute approximate surface area is 185 Å². The Balaban J connectivity index is 1.61. The van der Waals surface area contributed by atoms with Crippen LogP contribution in [0.1, 0.15) is 10.4 Å². The molecule has 2 aromatic heterocycles. The van der Waals surface area contributed by atoms with Gasteiger partial charge in [-0.3, -0.25) is 9.78 Å². The fourth-order valence-electron chi connectivity index (χ4n) is 3.29. The van der Waals surface area contributed by atoms with E-state index in [0.717, 1.165) is 10.4 Å². The number of nitrogens with zero attached hydrogens (tertiary/aromatic N) is 1. The predicted octanol–water partition coefficient (Wildman–Crippen LogP) is 3.50. The second-order valence-electron chi connectivity index (χ2n) is 6.99. The van der Waals surface area contributed by atoms with Crippen molar-refractivity contribution in [2.24, 2.45) is 0 Å². The number of para-hydroxylation sites is 1. The zero-order valence-corrected chi connectivity index (χ0v) is 18.2. The molecule has 0 fully saturated rings. The second kappa shape index (κ2) is 9.38. The third-order valence-electron chi connectivity index (χ3n) is 4.80. The highest BCUT2D eigenvalue weighted by atomic mass is 32.2. The van der Waals surface area contributed by atoms with Gasteiger partial charge in [0.1, 0.15) is 10.9 Å². The maximum absolute atomic E-state index is 13.3. The normalized spacial score (nSPS) is 12.5. The van der Waals surface area contributed by atoms with Gasteiger partial charge in [0, 0.05) is 16.5 Å². The average molecular weight is 452 g/mol. The monoisotopic (exact) mass is 451 g/mol. The van der Waals surface area contributed by atoms with E-state index in [2.05, 4.69) is 15.0 Å². The lowest BCUT2D eigenvalue weighted by Gasteiger charge is -2.19. The predicted molar refractivity (Wildman–Crippen MR) is 122 cm³/mol. The zero-order valence-electron chi connectivity index (χ0n) is 16.6. The largest absolute Gasteiger partial charge is 0.350 e. The smallest absolute Gasteiger partial charge is 0.243 e. The summed E-state index contributed by atoms with van der Waals surface area (Å²) in [5, 5.41) is 5.49. The second-order valence-corrected chi connectivity index (χ2v) is 9.71. The molecule has 0 radical (unpaired) electrons. The quantitative estimate of drug-likeness (QED) is 0.429. The molecule has 1 amide bonds. The minimum absolute atomic E-state index is 0.0507. The molecule has 6 nitrogen and oxygen atoms in total. The Hall–Kier alpha value is -3.07. The summed E-state index contributed by atoms with van der Waals surface area (Å²) < 4.78 is 29.1. The Morgan fingerprint density at radius 2 is 1.77 bits per heavy atom. The minimum Gasteiger partial charge on any atom is -0.350 e. The summed E-state index contributed by atoms with van der Waals surface area (Å²) in [5.41, 5.74) is 1.23. The van der Waals surface area contributed by atoms with Gasteiger partial charge in [0.05, 0.1) is 12.1 Å². The zero-order chi connectivity index (χ0) is 21.7. The maximum Gasteiger partial charge on any atom is 0.243 e. The summed E-state index contributed by atoms with van der Waals surface area (Å²) in [7, 11) is -3.99. The highest BCUT2D eigenvalue weighted by Gasteiger charge is 2.27. The average Bonchev–Trinajstić information content (AvgIpc) is 3.31. The number of pyridine rings is 1. The summed E-state index contributed by atoms with van der Waals surface area (Å²) in [6, 6.07) is 20.7. The number of thiophene rings is 1. The molecule has 4 rings (SSSR count). The number of amides is 1. The number of carbonyl (C=O) groups is 1. The molecule has 0 aliphatic rings. The van der Waals surface area contributed by atoms with E-state index in [9.17, 15) is 13.2 Å². The fraction of sp³-hybridized carbons (Fsp3) is 0.130. The van der Waals surface area contributed by atoms with Gasteiger partial charge in [0.15, 0.2) is 0 Å². The van der Waals surface area contributed by atoms with Crippen LogP contribution in [0.4, 0.5) is 0 Å². The first kappa shape index (κ1) is 21.2. The number of hydrogen-bond acceptors (Lipinski definition) is 5. The van der Waals surface area contributed by atoms with Crippen molar-refractivity contribution in [3.8, 4) is 0 Å². The molecule has 1 atom stereocenters. The molecule has 0 saturated heterocycles. The summed E-state index contributed by atoms with van der Waals surface area (Å²) >= 11 is 1.53. The van der Waals surface area contributed by atoms with E-state index in [1.165, 1.54) is 17.4 Å². The summed E-state index contributed by atoms with van der Waals surface area (Å²) in [6.45, 7) is 0.347. The fourth-order valence-corrected chi connectivity index (χ4v) is 5.31. The lowest BCUT2D eigenvalue weighted by molar-refractivity contribution is -0.122. The molecule has 31 heavy (non-hydrogen) atoms. The first-order chi connectivity index (χ1) is 15.0. The van der Waals surface area contributed by atoms with E-state index >= 15 is 0 Å². The van der Waals surface area contributed by atoms with Gasteiger partial charge in [0.25, 0.3) is 0 Å². The third kappa shape index (κ3) is 5.16. The van der Waals surface area contributed by atoms with E-state index < -0.39 is 16.1 Å². The Kier molecular flexibility index (Phi) is 6.41. The van der Waals surface area contributed by atoms with Crippen molar-refractivity contribution in [1.29, 1.82) is 0 Å². The molecule has 2 heterocycles. The molecule has 2 N–H and O–H groups in total. The maximum atomic E-state index is 13.3. The SMILES string of the molecule is O=C(NCc1cccs1)[C@@H](Cc1ccccc1)NS(=O)(=O)c1cccc2cccnc12.